The molecular weight excluding hydrogens is 338 g/mol. The van der Waals surface area contributed by atoms with Crippen LogP contribution in [0.5, 0.6) is 0 Å². The van der Waals surface area contributed by atoms with Gasteiger partial charge in [-0.1, -0.05) is 12.1 Å². The molecule has 23 heavy (non-hydrogen) atoms. The van der Waals surface area contributed by atoms with Gasteiger partial charge in [-0.25, -0.2) is 21.1 Å². The lowest BCUT2D eigenvalue weighted by atomic mass is 10.0. The normalized spacial score (nSPS) is 25.9. The second kappa shape index (κ2) is 5.82. The third-order valence-corrected chi connectivity index (χ3v) is 8.47. The summed E-state index contributed by atoms with van der Waals surface area (Å²) in [4.78, 5) is -0.304. The molecule has 128 valence electrons. The van der Waals surface area contributed by atoms with Crippen molar-refractivity contribution < 1.29 is 16.8 Å². The number of nitrogens with zero attached hydrogens (tertiary/aromatic N) is 2. The molecule has 7 nitrogen and oxygen atoms in total. The van der Waals surface area contributed by atoms with Gasteiger partial charge in [0.2, 0.25) is 20.0 Å². The fraction of sp³-hybridized carbons (Fsp3) is 0.571. The van der Waals surface area contributed by atoms with Crippen molar-refractivity contribution in [1.82, 2.24) is 13.9 Å². The Morgan fingerprint density at radius 3 is 2.04 bits per heavy atom. The monoisotopic (exact) mass is 359 g/mol. The highest BCUT2D eigenvalue weighted by Crippen LogP contribution is 2.33. The molecule has 2 aliphatic heterocycles. The Morgan fingerprint density at radius 2 is 1.52 bits per heavy atom. The molecule has 0 bridgehead atoms. The molecule has 2 saturated heterocycles. The molecule has 0 aliphatic carbocycles. The first-order valence-corrected chi connectivity index (χ1v) is 10.3. The highest BCUT2D eigenvalue weighted by atomic mass is 32.2. The van der Waals surface area contributed by atoms with Gasteiger partial charge in [0.15, 0.2) is 0 Å². The summed E-state index contributed by atoms with van der Waals surface area (Å²) < 4.78 is 53.3. The lowest BCUT2D eigenvalue weighted by Crippen LogP contribution is -2.33. The van der Waals surface area contributed by atoms with E-state index in [0.717, 1.165) is 17.4 Å². The van der Waals surface area contributed by atoms with E-state index in [2.05, 4.69) is 5.32 Å². The summed E-state index contributed by atoms with van der Waals surface area (Å²) in [5, 5.41) is 3.26. The lowest BCUT2D eigenvalue weighted by Gasteiger charge is -2.20. The van der Waals surface area contributed by atoms with Crippen molar-refractivity contribution in [2.45, 2.75) is 9.79 Å². The van der Waals surface area contributed by atoms with Gasteiger partial charge >= 0.3 is 0 Å². The van der Waals surface area contributed by atoms with Crippen molar-refractivity contribution >= 4 is 20.0 Å². The van der Waals surface area contributed by atoms with Gasteiger partial charge in [-0.15, -0.1) is 0 Å². The fourth-order valence-electron chi connectivity index (χ4n) is 3.22. The van der Waals surface area contributed by atoms with E-state index >= 15 is 0 Å². The summed E-state index contributed by atoms with van der Waals surface area (Å²) in [6.45, 7) is 2.51. The Hall–Kier alpha value is -1.00. The summed E-state index contributed by atoms with van der Waals surface area (Å²) >= 11 is 0. The predicted molar refractivity (Wildman–Crippen MR) is 85.9 cm³/mol. The largest absolute Gasteiger partial charge is 0.316 e. The van der Waals surface area contributed by atoms with Gasteiger partial charge in [-0.3, -0.25) is 0 Å². The summed E-state index contributed by atoms with van der Waals surface area (Å²) in [5.74, 6) is 0.616. The van der Waals surface area contributed by atoms with Crippen LogP contribution in [0.2, 0.25) is 0 Å². The van der Waals surface area contributed by atoms with E-state index in [4.69, 9.17) is 0 Å². The molecule has 0 spiro atoms. The molecule has 0 amide bonds. The Balaban J connectivity index is 2.02. The van der Waals surface area contributed by atoms with E-state index in [1.807, 2.05) is 0 Å². The molecule has 0 radical (unpaired) electrons. The zero-order chi connectivity index (χ0) is 16.8. The number of hydrogen-bond donors (Lipinski definition) is 1. The first-order valence-electron chi connectivity index (χ1n) is 7.47. The maximum atomic E-state index is 13.0. The van der Waals surface area contributed by atoms with Crippen LogP contribution >= 0.6 is 0 Å². The van der Waals surface area contributed by atoms with E-state index in [0.29, 0.717) is 24.9 Å². The number of sulfonamides is 2. The summed E-state index contributed by atoms with van der Waals surface area (Å²) in [5.41, 5.74) is 0. The quantitative estimate of drug-likeness (QED) is 0.803. The minimum Gasteiger partial charge on any atom is -0.316 e. The third-order valence-electron chi connectivity index (χ3n) is 4.58. The van der Waals surface area contributed by atoms with Gasteiger partial charge in [0, 0.05) is 27.2 Å². The molecule has 0 unspecified atom stereocenters. The zero-order valence-corrected chi connectivity index (χ0v) is 14.8. The fourth-order valence-corrected chi connectivity index (χ4v) is 6.45. The van der Waals surface area contributed by atoms with Crippen LogP contribution in [0.15, 0.2) is 34.1 Å². The van der Waals surface area contributed by atoms with Gasteiger partial charge in [0.25, 0.3) is 0 Å². The average Bonchev–Trinajstić information content (AvgIpc) is 3.08. The molecule has 2 atom stereocenters. The average molecular weight is 359 g/mol. The zero-order valence-electron chi connectivity index (χ0n) is 13.1. The van der Waals surface area contributed by atoms with Crippen LogP contribution < -0.4 is 5.32 Å². The highest BCUT2D eigenvalue weighted by molar-refractivity contribution is 7.92. The number of rotatable bonds is 4. The lowest BCUT2D eigenvalue weighted by molar-refractivity contribution is 0.445. The van der Waals surface area contributed by atoms with Gasteiger partial charge in [0.1, 0.15) is 9.79 Å². The van der Waals surface area contributed by atoms with E-state index in [1.54, 1.807) is 6.07 Å². The summed E-state index contributed by atoms with van der Waals surface area (Å²) in [7, 11) is -4.87. The smallest absolute Gasteiger partial charge is 0.244 e. The number of nitrogens with one attached hydrogen (secondary N) is 1. The first kappa shape index (κ1) is 16.8. The van der Waals surface area contributed by atoms with E-state index in [9.17, 15) is 16.8 Å². The molecule has 2 fully saturated rings. The Labute approximate surface area is 137 Å². The minimum atomic E-state index is -3.83. The van der Waals surface area contributed by atoms with Crippen LogP contribution in [0.4, 0.5) is 0 Å². The van der Waals surface area contributed by atoms with Crippen LogP contribution in [-0.2, 0) is 20.0 Å². The molecule has 3 rings (SSSR count). The van der Waals surface area contributed by atoms with Crippen molar-refractivity contribution in [3.05, 3.63) is 24.3 Å². The molecule has 9 heteroatoms. The number of benzene rings is 1. The maximum Gasteiger partial charge on any atom is 0.244 e. The second-order valence-corrected chi connectivity index (χ2v) is 10.3. The topological polar surface area (TPSA) is 86.8 Å². The molecule has 2 heterocycles. The molecule has 1 aromatic rings. The SMILES string of the molecule is CN(C)S(=O)(=O)c1ccccc1S(=O)(=O)N1C[C@H]2CNC[C@H]2C1. The van der Waals surface area contributed by atoms with Crippen molar-refractivity contribution in [2.75, 3.05) is 40.3 Å². The van der Waals surface area contributed by atoms with Gasteiger partial charge < -0.3 is 5.32 Å². The van der Waals surface area contributed by atoms with Gasteiger partial charge in [-0.05, 0) is 37.1 Å². The van der Waals surface area contributed by atoms with Crippen LogP contribution in [0.25, 0.3) is 0 Å². The Morgan fingerprint density at radius 1 is 1.00 bits per heavy atom. The van der Waals surface area contributed by atoms with E-state index in [1.165, 1.54) is 36.6 Å². The van der Waals surface area contributed by atoms with Crippen LogP contribution in [0.3, 0.4) is 0 Å². The summed E-state index contributed by atoms with van der Waals surface area (Å²) in [6, 6.07) is 5.82. The molecule has 1 N–H and O–H groups in total. The standard InChI is InChI=1S/C14H21N3O4S2/c1-16(2)22(18,19)13-5-3-4-6-14(13)23(20,21)17-9-11-7-15-8-12(11)10-17/h3-6,11-12,15H,7-10H2,1-2H3/t11-,12+. The van der Waals surface area contributed by atoms with Crippen molar-refractivity contribution in [2.24, 2.45) is 11.8 Å². The van der Waals surface area contributed by atoms with Crippen LogP contribution in [0, 0.1) is 11.8 Å². The van der Waals surface area contributed by atoms with Gasteiger partial charge in [-0.2, -0.15) is 4.31 Å². The van der Waals surface area contributed by atoms with Gasteiger partial charge in [0.05, 0.1) is 0 Å². The molecule has 2 aliphatic rings. The van der Waals surface area contributed by atoms with Crippen molar-refractivity contribution in [3.63, 3.8) is 0 Å². The van der Waals surface area contributed by atoms with E-state index < -0.39 is 20.0 Å². The van der Waals surface area contributed by atoms with Crippen molar-refractivity contribution in [3.8, 4) is 0 Å². The van der Waals surface area contributed by atoms with Crippen LogP contribution in [-0.4, -0.2) is 65.7 Å². The number of hydrogen-bond acceptors (Lipinski definition) is 5. The van der Waals surface area contributed by atoms with E-state index in [-0.39, 0.29) is 9.79 Å². The molecule has 1 aromatic carbocycles. The molecular formula is C14H21N3O4S2. The predicted octanol–water partition coefficient (Wildman–Crippen LogP) is -0.223. The minimum absolute atomic E-state index is 0.137. The second-order valence-electron chi connectivity index (χ2n) is 6.23. The Bertz CT molecular complexity index is 793. The maximum absolute atomic E-state index is 13.0. The first-order chi connectivity index (χ1) is 10.7. The third kappa shape index (κ3) is 2.80. The molecule has 0 aromatic heterocycles. The molecule has 0 saturated carbocycles. The van der Waals surface area contributed by atoms with Crippen LogP contribution in [0.1, 0.15) is 0 Å². The highest BCUT2D eigenvalue weighted by Gasteiger charge is 2.42. The summed E-state index contributed by atoms with van der Waals surface area (Å²) in [6.07, 6.45) is 0. The van der Waals surface area contributed by atoms with Crippen molar-refractivity contribution in [1.29, 1.82) is 0 Å². The number of fused-ring (bicyclic) bond motifs is 1. The Kier molecular flexibility index (Phi) is 4.26.